The number of amides is 3. The van der Waals surface area contributed by atoms with Crippen LogP contribution in [0.25, 0.3) is 0 Å². The maximum absolute atomic E-state index is 13.8. The molecule has 150 valence electrons. The zero-order valence-corrected chi connectivity index (χ0v) is 16.0. The van der Waals surface area contributed by atoms with Gasteiger partial charge in [0.2, 0.25) is 17.7 Å². The molecule has 0 spiro atoms. The predicted molar refractivity (Wildman–Crippen MR) is 100 cm³/mol. The van der Waals surface area contributed by atoms with Gasteiger partial charge in [-0.1, -0.05) is 31.0 Å². The molecule has 3 amide bonds. The van der Waals surface area contributed by atoms with Gasteiger partial charge in [0.15, 0.2) is 0 Å². The highest BCUT2D eigenvalue weighted by atomic mass is 19.1. The molecule has 1 aromatic carbocycles. The normalized spacial score (nSPS) is 25.9. The summed E-state index contributed by atoms with van der Waals surface area (Å²) < 4.78 is 13.8. The molecule has 0 bridgehead atoms. The maximum Gasteiger partial charge on any atom is 0.242 e. The summed E-state index contributed by atoms with van der Waals surface area (Å²) in [5, 5.41) is 0. The first-order valence-corrected chi connectivity index (χ1v) is 10.1. The van der Waals surface area contributed by atoms with Crippen LogP contribution in [0.3, 0.4) is 0 Å². The van der Waals surface area contributed by atoms with Gasteiger partial charge in [-0.25, -0.2) is 4.39 Å². The van der Waals surface area contributed by atoms with Gasteiger partial charge in [0.05, 0.1) is 11.8 Å². The molecule has 6 nitrogen and oxygen atoms in total. The average Bonchev–Trinajstić information content (AvgIpc) is 2.95. The molecular formula is C21H26FN3O3. The molecule has 2 saturated heterocycles. The Morgan fingerprint density at radius 2 is 1.57 bits per heavy atom. The molecule has 0 N–H and O–H groups in total. The number of carbonyl (C=O) groups is 3. The van der Waals surface area contributed by atoms with Crippen LogP contribution in [0.15, 0.2) is 24.3 Å². The first-order valence-electron chi connectivity index (χ1n) is 10.1. The summed E-state index contributed by atoms with van der Waals surface area (Å²) in [4.78, 5) is 42.8. The van der Waals surface area contributed by atoms with Gasteiger partial charge >= 0.3 is 0 Å². The van der Waals surface area contributed by atoms with E-state index in [1.54, 1.807) is 17.0 Å². The van der Waals surface area contributed by atoms with Crippen LogP contribution in [0, 0.1) is 17.7 Å². The Hall–Kier alpha value is -2.28. The van der Waals surface area contributed by atoms with Crippen molar-refractivity contribution in [2.45, 2.75) is 32.2 Å². The van der Waals surface area contributed by atoms with E-state index in [0.717, 1.165) is 25.7 Å². The molecule has 28 heavy (non-hydrogen) atoms. The summed E-state index contributed by atoms with van der Waals surface area (Å²) in [6, 6.07) is 6.72. The van der Waals surface area contributed by atoms with Gasteiger partial charge in [-0.2, -0.15) is 0 Å². The maximum atomic E-state index is 13.8. The van der Waals surface area contributed by atoms with Crippen molar-refractivity contribution >= 4 is 17.7 Å². The number of piperazine rings is 1. The molecule has 2 aliphatic heterocycles. The number of nitrogens with zero attached hydrogens (tertiary/aromatic N) is 3. The minimum atomic E-state index is -0.216. The molecule has 1 saturated carbocycles. The zero-order chi connectivity index (χ0) is 19.7. The first kappa shape index (κ1) is 19.1. The van der Waals surface area contributed by atoms with E-state index in [-0.39, 0.29) is 41.9 Å². The van der Waals surface area contributed by atoms with E-state index >= 15 is 0 Å². The van der Waals surface area contributed by atoms with Gasteiger partial charge in [-0.3, -0.25) is 24.2 Å². The summed E-state index contributed by atoms with van der Waals surface area (Å²) in [5.41, 5.74) is 0.651. The van der Waals surface area contributed by atoms with Crippen molar-refractivity contribution in [3.05, 3.63) is 35.6 Å². The lowest BCUT2D eigenvalue weighted by molar-refractivity contribution is -0.147. The van der Waals surface area contributed by atoms with Crippen LogP contribution in [0.5, 0.6) is 0 Å². The van der Waals surface area contributed by atoms with Crippen molar-refractivity contribution in [2.75, 3.05) is 32.7 Å². The number of imide groups is 1. The molecule has 1 aromatic rings. The lowest BCUT2D eigenvalue weighted by atomic mass is 9.81. The van der Waals surface area contributed by atoms with Crippen LogP contribution in [-0.4, -0.2) is 65.1 Å². The van der Waals surface area contributed by atoms with E-state index in [9.17, 15) is 18.8 Å². The number of halogens is 1. The first-order chi connectivity index (χ1) is 13.5. The van der Waals surface area contributed by atoms with E-state index in [1.165, 1.54) is 11.0 Å². The quantitative estimate of drug-likeness (QED) is 0.737. The largest absolute Gasteiger partial charge is 0.339 e. The van der Waals surface area contributed by atoms with Crippen molar-refractivity contribution < 1.29 is 18.8 Å². The second kappa shape index (κ2) is 7.99. The van der Waals surface area contributed by atoms with Gasteiger partial charge in [-0.15, -0.1) is 0 Å². The highest BCUT2D eigenvalue weighted by molar-refractivity contribution is 6.07. The van der Waals surface area contributed by atoms with Crippen molar-refractivity contribution in [2.24, 2.45) is 11.8 Å². The molecule has 2 heterocycles. The van der Waals surface area contributed by atoms with E-state index in [1.807, 2.05) is 6.07 Å². The van der Waals surface area contributed by atoms with Crippen LogP contribution in [0.1, 0.15) is 31.2 Å². The van der Waals surface area contributed by atoms with Crippen molar-refractivity contribution in [1.29, 1.82) is 0 Å². The number of fused-ring (bicyclic) bond motifs is 1. The van der Waals surface area contributed by atoms with Crippen LogP contribution in [0.2, 0.25) is 0 Å². The molecule has 4 rings (SSSR count). The molecule has 2 atom stereocenters. The Labute approximate surface area is 164 Å². The second-order valence-electron chi connectivity index (χ2n) is 8.01. The van der Waals surface area contributed by atoms with Crippen LogP contribution in [-0.2, 0) is 20.9 Å². The Balaban J connectivity index is 1.30. The molecule has 3 fully saturated rings. The SMILES string of the molecule is O=C(CN1C(=O)[C@@H]2CCCC[C@H]2C1=O)N1CCN(Cc2ccccc2F)CC1. The Morgan fingerprint density at radius 1 is 0.964 bits per heavy atom. The number of likely N-dealkylation sites (tertiary alicyclic amines) is 1. The second-order valence-corrected chi connectivity index (χ2v) is 8.01. The lowest BCUT2D eigenvalue weighted by Gasteiger charge is -2.35. The fourth-order valence-corrected chi connectivity index (χ4v) is 4.64. The summed E-state index contributed by atoms with van der Waals surface area (Å²) in [7, 11) is 0. The average molecular weight is 387 g/mol. The van der Waals surface area contributed by atoms with E-state index in [4.69, 9.17) is 0 Å². The summed E-state index contributed by atoms with van der Waals surface area (Å²) in [6.45, 7) is 2.71. The minimum Gasteiger partial charge on any atom is -0.339 e. The minimum absolute atomic E-state index is 0.141. The van der Waals surface area contributed by atoms with Crippen LogP contribution < -0.4 is 0 Å². The number of rotatable bonds is 4. The van der Waals surface area contributed by atoms with E-state index in [0.29, 0.717) is 38.3 Å². The Bertz CT molecular complexity index is 752. The fraction of sp³-hybridized carbons (Fsp3) is 0.571. The number of benzene rings is 1. The molecule has 1 aliphatic carbocycles. The van der Waals surface area contributed by atoms with Crippen molar-refractivity contribution in [1.82, 2.24) is 14.7 Å². The number of hydrogen-bond donors (Lipinski definition) is 0. The Kier molecular flexibility index (Phi) is 5.44. The highest BCUT2D eigenvalue weighted by Gasteiger charge is 2.48. The van der Waals surface area contributed by atoms with Gasteiger partial charge in [0.1, 0.15) is 12.4 Å². The van der Waals surface area contributed by atoms with Crippen LogP contribution in [0.4, 0.5) is 4.39 Å². The Morgan fingerprint density at radius 3 is 2.18 bits per heavy atom. The molecule has 0 unspecified atom stereocenters. The van der Waals surface area contributed by atoms with Crippen LogP contribution >= 0.6 is 0 Å². The molecule has 0 radical (unpaired) electrons. The van der Waals surface area contributed by atoms with Gasteiger partial charge in [0, 0.05) is 38.3 Å². The number of carbonyl (C=O) groups excluding carboxylic acids is 3. The topological polar surface area (TPSA) is 60.9 Å². The molecule has 0 aromatic heterocycles. The van der Waals surface area contributed by atoms with E-state index < -0.39 is 0 Å². The third-order valence-electron chi connectivity index (χ3n) is 6.30. The summed E-state index contributed by atoms with van der Waals surface area (Å²) in [5.74, 6) is -1.15. The smallest absolute Gasteiger partial charge is 0.242 e. The van der Waals surface area contributed by atoms with Gasteiger partial charge in [-0.05, 0) is 18.9 Å². The predicted octanol–water partition coefficient (Wildman–Crippen LogP) is 1.65. The van der Waals surface area contributed by atoms with Gasteiger partial charge in [0.25, 0.3) is 0 Å². The van der Waals surface area contributed by atoms with E-state index in [2.05, 4.69) is 4.90 Å². The fourth-order valence-electron chi connectivity index (χ4n) is 4.64. The zero-order valence-electron chi connectivity index (χ0n) is 16.0. The summed E-state index contributed by atoms with van der Waals surface area (Å²) in [6.07, 6.45) is 3.47. The monoisotopic (exact) mass is 387 g/mol. The van der Waals surface area contributed by atoms with Crippen molar-refractivity contribution in [3.8, 4) is 0 Å². The molecule has 3 aliphatic rings. The highest BCUT2D eigenvalue weighted by Crippen LogP contribution is 2.37. The molecule has 7 heteroatoms. The third kappa shape index (κ3) is 3.68. The molecular weight excluding hydrogens is 361 g/mol. The standard InChI is InChI=1S/C21H26FN3O3/c22-18-8-4-1-5-15(18)13-23-9-11-24(12-10-23)19(26)14-25-20(27)16-6-2-3-7-17(16)21(25)28/h1,4-5,8,16-17H,2-3,6-7,9-14H2/t16-,17-/m1/s1. The lowest BCUT2D eigenvalue weighted by Crippen LogP contribution is -2.51. The van der Waals surface area contributed by atoms with Crippen molar-refractivity contribution in [3.63, 3.8) is 0 Å². The number of hydrogen-bond acceptors (Lipinski definition) is 4. The third-order valence-corrected chi connectivity index (χ3v) is 6.30. The van der Waals surface area contributed by atoms with Gasteiger partial charge < -0.3 is 4.90 Å². The summed E-state index contributed by atoms with van der Waals surface area (Å²) >= 11 is 0.